The number of para-hydroxylation sites is 1. The minimum atomic E-state index is -0.478. The largest absolute Gasteiger partial charge is 0.462 e. The Bertz CT molecular complexity index is 1400. The standard InChI is InChI=1S/C29H33N7O3.C3H6.C2H6O/c1-2-38-29(37)20(16-30)17-33-21-10-12-22(13-11-21)36-28-25(27(32)34-18-35-28)26(31)19-8-14-24(15-9-19)39-23-6-4-3-5-7-23;1-3-2;1-2-3/h3-9,14-18,21-22,31H,2,10-13,30H2,1H3,(H3,32,34,35,36);3H,1H2,2H3;3H,2H2,1H3/b20-16+,31-26?,33-17?;;. The zero-order valence-corrected chi connectivity index (χ0v) is 26.3. The smallest absolute Gasteiger partial charge is 0.341 e. The van der Waals surface area contributed by atoms with Crippen LogP contribution in [0.5, 0.6) is 11.5 Å². The molecule has 0 aliphatic heterocycles. The summed E-state index contributed by atoms with van der Waals surface area (Å²) < 4.78 is 10.8. The molecule has 3 aromatic rings. The number of benzene rings is 2. The zero-order chi connectivity index (χ0) is 33.0. The number of anilines is 2. The van der Waals surface area contributed by atoms with E-state index in [0.717, 1.165) is 31.4 Å². The molecule has 0 radical (unpaired) electrons. The number of aromatic nitrogens is 2. The highest BCUT2D eigenvalue weighted by atomic mass is 16.5. The quantitative estimate of drug-likeness (QED) is 0.0832. The predicted octanol–water partition coefficient (Wildman–Crippen LogP) is 5.66. The van der Waals surface area contributed by atoms with Crippen molar-refractivity contribution in [3.63, 3.8) is 0 Å². The maximum Gasteiger partial charge on any atom is 0.341 e. The average Bonchev–Trinajstić information content (AvgIpc) is 3.04. The maximum atomic E-state index is 11.9. The molecule has 1 aliphatic rings. The number of hydrogen-bond acceptors (Lipinski definition) is 11. The highest BCUT2D eigenvalue weighted by molar-refractivity contribution is 6.16. The molecule has 11 heteroatoms. The number of nitrogens with zero attached hydrogens (tertiary/aromatic N) is 3. The Morgan fingerprint density at radius 3 is 2.27 bits per heavy atom. The number of rotatable bonds is 10. The lowest BCUT2D eigenvalue weighted by atomic mass is 9.91. The third kappa shape index (κ3) is 11.9. The molecule has 1 heterocycles. The van der Waals surface area contributed by atoms with Crippen molar-refractivity contribution in [2.75, 3.05) is 24.3 Å². The first-order chi connectivity index (χ1) is 21.8. The summed E-state index contributed by atoms with van der Waals surface area (Å²) in [4.78, 5) is 25.0. The summed E-state index contributed by atoms with van der Waals surface area (Å²) >= 11 is 0. The highest BCUT2D eigenvalue weighted by Gasteiger charge is 2.24. The molecule has 2 aromatic carbocycles. The van der Waals surface area contributed by atoms with E-state index in [2.05, 4.69) is 26.9 Å². The van der Waals surface area contributed by atoms with Crippen LogP contribution in [0.4, 0.5) is 11.6 Å². The van der Waals surface area contributed by atoms with E-state index in [4.69, 9.17) is 31.5 Å². The summed E-state index contributed by atoms with van der Waals surface area (Å²) in [6.07, 6.45) is 9.19. The summed E-state index contributed by atoms with van der Waals surface area (Å²) in [5, 5.41) is 19.9. The van der Waals surface area contributed by atoms with Gasteiger partial charge in [-0.15, -0.1) is 6.58 Å². The molecule has 45 heavy (non-hydrogen) atoms. The third-order valence-corrected chi connectivity index (χ3v) is 6.40. The molecule has 1 saturated carbocycles. The molecule has 1 aliphatic carbocycles. The van der Waals surface area contributed by atoms with E-state index in [1.165, 1.54) is 18.7 Å². The maximum absolute atomic E-state index is 11.9. The van der Waals surface area contributed by atoms with Crippen molar-refractivity contribution in [1.82, 2.24) is 9.97 Å². The van der Waals surface area contributed by atoms with Gasteiger partial charge in [0.15, 0.2) is 0 Å². The number of esters is 1. The van der Waals surface area contributed by atoms with Crippen LogP contribution in [0.1, 0.15) is 57.6 Å². The van der Waals surface area contributed by atoms with Crippen molar-refractivity contribution >= 4 is 29.5 Å². The van der Waals surface area contributed by atoms with Crippen LogP contribution in [-0.2, 0) is 9.53 Å². The van der Waals surface area contributed by atoms with Gasteiger partial charge in [-0.2, -0.15) is 0 Å². The van der Waals surface area contributed by atoms with Crippen molar-refractivity contribution in [1.29, 1.82) is 5.41 Å². The number of nitrogens with two attached hydrogens (primary N) is 2. The number of aliphatic hydroxyl groups is 1. The Morgan fingerprint density at radius 2 is 1.69 bits per heavy atom. The topological polar surface area (TPSA) is 182 Å². The first kappa shape index (κ1) is 36.2. The molecule has 0 atom stereocenters. The lowest BCUT2D eigenvalue weighted by molar-refractivity contribution is -0.137. The van der Waals surface area contributed by atoms with Gasteiger partial charge in [0.2, 0.25) is 0 Å². The Balaban J connectivity index is 0.00000109. The van der Waals surface area contributed by atoms with E-state index in [1.807, 2.05) is 61.5 Å². The van der Waals surface area contributed by atoms with E-state index < -0.39 is 5.97 Å². The molecule has 0 saturated heterocycles. The Kier molecular flexibility index (Phi) is 16.1. The molecule has 0 amide bonds. The van der Waals surface area contributed by atoms with Gasteiger partial charge in [-0.05, 0) is 82.9 Å². The second-order valence-corrected chi connectivity index (χ2v) is 9.79. The molecule has 240 valence electrons. The van der Waals surface area contributed by atoms with E-state index in [0.29, 0.717) is 22.7 Å². The van der Waals surface area contributed by atoms with Crippen LogP contribution in [0.25, 0.3) is 0 Å². The molecule has 1 aromatic heterocycles. The van der Waals surface area contributed by atoms with Crippen LogP contribution in [0.2, 0.25) is 0 Å². The minimum absolute atomic E-state index is 0.0808. The van der Waals surface area contributed by atoms with Crippen LogP contribution >= 0.6 is 0 Å². The number of carbonyl (C=O) groups is 1. The van der Waals surface area contributed by atoms with Gasteiger partial charge in [0.05, 0.1) is 29.5 Å². The monoisotopic (exact) mass is 615 g/mol. The number of hydrogen-bond donors (Lipinski definition) is 5. The number of aliphatic hydroxyl groups excluding tert-OH is 1. The normalized spacial score (nSPS) is 15.9. The Hall–Kier alpha value is -5.03. The van der Waals surface area contributed by atoms with Crippen molar-refractivity contribution in [3.8, 4) is 11.5 Å². The summed E-state index contributed by atoms with van der Waals surface area (Å²) in [7, 11) is 0. The van der Waals surface area contributed by atoms with E-state index >= 15 is 0 Å². The van der Waals surface area contributed by atoms with Gasteiger partial charge in [-0.25, -0.2) is 14.8 Å². The van der Waals surface area contributed by atoms with E-state index in [-0.39, 0.29) is 42.4 Å². The van der Waals surface area contributed by atoms with Gasteiger partial charge in [0.25, 0.3) is 0 Å². The predicted molar refractivity (Wildman–Crippen MR) is 181 cm³/mol. The van der Waals surface area contributed by atoms with Crippen molar-refractivity contribution in [3.05, 3.63) is 96.5 Å². The molecule has 0 spiro atoms. The molecular formula is C34H45N7O4. The summed E-state index contributed by atoms with van der Waals surface area (Å²) in [5.41, 5.74) is 13.4. The average molecular weight is 616 g/mol. The van der Waals surface area contributed by atoms with Gasteiger partial charge in [-0.1, -0.05) is 24.3 Å². The van der Waals surface area contributed by atoms with Crippen LogP contribution in [-0.4, -0.2) is 58.3 Å². The number of allylic oxidation sites excluding steroid dienone is 1. The van der Waals surface area contributed by atoms with Crippen LogP contribution in [0, 0.1) is 5.41 Å². The Morgan fingerprint density at radius 1 is 1.09 bits per heavy atom. The first-order valence-electron chi connectivity index (χ1n) is 14.9. The van der Waals surface area contributed by atoms with Gasteiger partial charge in [0.1, 0.15) is 29.5 Å². The summed E-state index contributed by atoms with van der Waals surface area (Å²) in [5.74, 6) is 1.70. The number of nitrogens with one attached hydrogen (secondary N) is 2. The van der Waals surface area contributed by atoms with E-state index in [9.17, 15) is 4.79 Å². The fourth-order valence-electron chi connectivity index (χ4n) is 4.34. The fraction of sp³-hybridized carbons (Fsp3) is 0.324. The summed E-state index contributed by atoms with van der Waals surface area (Å²) in [6.45, 7) is 9.20. The lowest BCUT2D eigenvalue weighted by Gasteiger charge is -2.28. The molecule has 0 bridgehead atoms. The molecular weight excluding hydrogens is 570 g/mol. The third-order valence-electron chi connectivity index (χ3n) is 6.40. The number of ether oxygens (including phenoxy) is 2. The van der Waals surface area contributed by atoms with Gasteiger partial charge >= 0.3 is 5.97 Å². The van der Waals surface area contributed by atoms with Crippen molar-refractivity contribution in [2.24, 2.45) is 10.7 Å². The number of carbonyl (C=O) groups excluding carboxylic acids is 1. The van der Waals surface area contributed by atoms with Gasteiger partial charge in [-0.3, -0.25) is 10.4 Å². The van der Waals surface area contributed by atoms with Crippen LogP contribution in [0.15, 0.2) is 90.3 Å². The number of nitrogen functional groups attached to an aromatic ring is 1. The second kappa shape index (κ2) is 20.0. The van der Waals surface area contributed by atoms with Crippen molar-refractivity contribution < 1.29 is 19.4 Å². The lowest BCUT2D eigenvalue weighted by Crippen LogP contribution is -2.29. The molecule has 1 fully saturated rings. The zero-order valence-electron chi connectivity index (χ0n) is 26.3. The van der Waals surface area contributed by atoms with Crippen LogP contribution < -0.4 is 21.5 Å². The van der Waals surface area contributed by atoms with Crippen LogP contribution in [0.3, 0.4) is 0 Å². The molecule has 11 nitrogen and oxygen atoms in total. The van der Waals surface area contributed by atoms with Gasteiger partial charge in [0, 0.05) is 30.6 Å². The SMILES string of the molecule is C=CC.CCO.CCOC(=O)/C(C=NC1CCC(Nc2ncnc(N)c2C(=N)c2ccc(Oc3ccccc3)cc2)CC1)=C/N. The molecule has 7 N–H and O–H groups in total. The van der Waals surface area contributed by atoms with Gasteiger partial charge < -0.3 is 31.4 Å². The first-order valence-corrected chi connectivity index (χ1v) is 14.9. The minimum Gasteiger partial charge on any atom is -0.462 e. The summed E-state index contributed by atoms with van der Waals surface area (Å²) in [6, 6.07) is 17.0. The molecule has 0 unspecified atom stereocenters. The molecule has 4 rings (SSSR count). The number of aliphatic imine (C=N–C) groups is 1. The van der Waals surface area contributed by atoms with E-state index in [1.54, 1.807) is 19.9 Å². The fourth-order valence-corrected chi connectivity index (χ4v) is 4.34. The second-order valence-electron chi connectivity index (χ2n) is 9.79. The highest BCUT2D eigenvalue weighted by Crippen LogP contribution is 2.28. The van der Waals surface area contributed by atoms with Crippen molar-refractivity contribution in [2.45, 2.75) is 58.5 Å². The Labute approximate surface area is 265 Å².